The van der Waals surface area contributed by atoms with E-state index in [2.05, 4.69) is 70.3 Å². The van der Waals surface area contributed by atoms with Crippen LogP contribution in [-0.2, 0) is 6.42 Å². The summed E-state index contributed by atoms with van der Waals surface area (Å²) >= 11 is 3.74. The minimum atomic E-state index is 0.413. The van der Waals surface area contributed by atoms with Gasteiger partial charge in [0.25, 0.3) is 0 Å². The number of fused-ring (bicyclic) bond motifs is 1. The molecule has 3 rings (SSSR count). The highest BCUT2D eigenvalue weighted by atomic mass is 79.9. The van der Waals surface area contributed by atoms with Crippen LogP contribution in [0.5, 0.6) is 5.75 Å². The van der Waals surface area contributed by atoms with Gasteiger partial charge >= 0.3 is 0 Å². The van der Waals surface area contributed by atoms with Crippen molar-refractivity contribution in [3.05, 3.63) is 63.6 Å². The summed E-state index contributed by atoms with van der Waals surface area (Å²) in [5.74, 6) is 1.33. The number of likely N-dealkylation sites (N-methyl/N-ethyl adjacent to an activating group) is 1. The third kappa shape index (κ3) is 2.85. The van der Waals surface area contributed by atoms with E-state index in [0.29, 0.717) is 5.92 Å². The molecule has 0 radical (unpaired) electrons. The Hall–Kier alpha value is -1.32. The van der Waals surface area contributed by atoms with Crippen LogP contribution in [0, 0.1) is 0 Å². The summed E-state index contributed by atoms with van der Waals surface area (Å²) in [7, 11) is 3.93. The van der Waals surface area contributed by atoms with Crippen LogP contribution in [-0.4, -0.2) is 32.1 Å². The summed E-state index contributed by atoms with van der Waals surface area (Å²) in [6, 6.07) is 15.1. The first kappa shape index (κ1) is 14.6. The average molecular weight is 346 g/mol. The minimum Gasteiger partial charge on any atom is -0.496 e. The summed E-state index contributed by atoms with van der Waals surface area (Å²) in [5, 5.41) is 0. The van der Waals surface area contributed by atoms with Gasteiger partial charge in [-0.25, -0.2) is 0 Å². The molecule has 0 aliphatic carbocycles. The average Bonchev–Trinajstić information content (AvgIpc) is 2.68. The lowest BCUT2D eigenvalue weighted by Crippen LogP contribution is -2.24. The van der Waals surface area contributed by atoms with Crippen LogP contribution in [0.15, 0.2) is 46.9 Å². The van der Waals surface area contributed by atoms with Crippen LogP contribution in [0.3, 0.4) is 0 Å². The SMILES string of the molecule is COc1ccc2c(c1Br)CCN(C)CC2c1ccccc1. The number of ether oxygens (including phenoxy) is 1. The molecule has 0 aromatic heterocycles. The first-order valence-electron chi connectivity index (χ1n) is 7.29. The Kier molecular flexibility index (Phi) is 4.32. The van der Waals surface area contributed by atoms with Crippen molar-refractivity contribution in [2.75, 3.05) is 27.2 Å². The molecule has 1 unspecified atom stereocenters. The van der Waals surface area contributed by atoms with Gasteiger partial charge in [0.15, 0.2) is 0 Å². The van der Waals surface area contributed by atoms with E-state index in [1.165, 1.54) is 16.7 Å². The maximum absolute atomic E-state index is 5.46. The second-order valence-electron chi connectivity index (χ2n) is 5.63. The van der Waals surface area contributed by atoms with Crippen molar-refractivity contribution in [3.8, 4) is 5.75 Å². The lowest BCUT2D eigenvalue weighted by atomic mass is 9.88. The number of benzene rings is 2. The second-order valence-corrected chi connectivity index (χ2v) is 6.42. The van der Waals surface area contributed by atoms with Crippen molar-refractivity contribution in [1.82, 2.24) is 4.90 Å². The third-order valence-electron chi connectivity index (χ3n) is 4.28. The summed E-state index contributed by atoms with van der Waals surface area (Å²) in [5.41, 5.74) is 4.18. The molecule has 1 heterocycles. The maximum Gasteiger partial charge on any atom is 0.133 e. The van der Waals surface area contributed by atoms with Crippen LogP contribution in [0.4, 0.5) is 0 Å². The van der Waals surface area contributed by atoms with Crippen molar-refractivity contribution in [2.45, 2.75) is 12.3 Å². The number of halogens is 1. The van der Waals surface area contributed by atoms with Crippen molar-refractivity contribution >= 4 is 15.9 Å². The molecule has 21 heavy (non-hydrogen) atoms. The molecule has 1 atom stereocenters. The van der Waals surface area contributed by atoms with Crippen molar-refractivity contribution in [2.24, 2.45) is 0 Å². The molecular weight excluding hydrogens is 326 g/mol. The standard InChI is InChI=1S/C18H20BrNO/c1-20-11-10-15-14(8-9-17(21-2)18(15)19)16(12-20)13-6-4-3-5-7-13/h3-9,16H,10-12H2,1-2H3. The normalized spacial score (nSPS) is 18.9. The monoisotopic (exact) mass is 345 g/mol. The van der Waals surface area contributed by atoms with Crippen LogP contribution >= 0.6 is 15.9 Å². The van der Waals surface area contributed by atoms with Gasteiger partial charge in [-0.3, -0.25) is 0 Å². The number of hydrogen-bond donors (Lipinski definition) is 0. The lowest BCUT2D eigenvalue weighted by Gasteiger charge is -2.22. The maximum atomic E-state index is 5.46. The zero-order valence-electron chi connectivity index (χ0n) is 12.5. The van der Waals surface area contributed by atoms with Gasteiger partial charge in [-0.2, -0.15) is 0 Å². The van der Waals surface area contributed by atoms with E-state index >= 15 is 0 Å². The summed E-state index contributed by atoms with van der Waals surface area (Å²) < 4.78 is 6.57. The van der Waals surface area contributed by atoms with Gasteiger partial charge in [-0.15, -0.1) is 0 Å². The quantitative estimate of drug-likeness (QED) is 0.813. The molecule has 0 saturated carbocycles. The van der Waals surface area contributed by atoms with Crippen molar-refractivity contribution in [3.63, 3.8) is 0 Å². The van der Waals surface area contributed by atoms with E-state index < -0.39 is 0 Å². The Balaban J connectivity index is 2.12. The first-order chi connectivity index (χ1) is 10.2. The number of rotatable bonds is 2. The Labute approximate surface area is 134 Å². The second kappa shape index (κ2) is 6.20. The van der Waals surface area contributed by atoms with Gasteiger partial charge in [0.05, 0.1) is 11.6 Å². The molecule has 1 aliphatic heterocycles. The molecule has 3 heteroatoms. The Morgan fingerprint density at radius 2 is 1.90 bits per heavy atom. The zero-order chi connectivity index (χ0) is 14.8. The first-order valence-corrected chi connectivity index (χ1v) is 8.08. The predicted molar refractivity (Wildman–Crippen MR) is 90.2 cm³/mol. The fourth-order valence-corrected chi connectivity index (χ4v) is 3.85. The molecule has 0 fully saturated rings. The Morgan fingerprint density at radius 3 is 2.62 bits per heavy atom. The summed E-state index contributed by atoms with van der Waals surface area (Å²) in [6.45, 7) is 2.12. The van der Waals surface area contributed by atoms with E-state index in [-0.39, 0.29) is 0 Å². The lowest BCUT2D eigenvalue weighted by molar-refractivity contribution is 0.338. The van der Waals surface area contributed by atoms with Gasteiger partial charge < -0.3 is 9.64 Å². The van der Waals surface area contributed by atoms with Crippen LogP contribution in [0.1, 0.15) is 22.6 Å². The summed E-state index contributed by atoms with van der Waals surface area (Å²) in [4.78, 5) is 2.41. The highest BCUT2D eigenvalue weighted by Crippen LogP contribution is 2.38. The van der Waals surface area contributed by atoms with E-state index in [1.807, 2.05) is 0 Å². The van der Waals surface area contributed by atoms with E-state index in [1.54, 1.807) is 7.11 Å². The van der Waals surface area contributed by atoms with Gasteiger partial charge in [0, 0.05) is 19.0 Å². The fourth-order valence-electron chi connectivity index (χ4n) is 3.13. The van der Waals surface area contributed by atoms with E-state index in [4.69, 9.17) is 4.74 Å². The smallest absolute Gasteiger partial charge is 0.133 e. The molecule has 0 bridgehead atoms. The number of nitrogens with zero attached hydrogens (tertiary/aromatic N) is 1. The van der Waals surface area contributed by atoms with Gasteiger partial charge in [-0.05, 0) is 52.2 Å². The molecule has 2 aromatic rings. The van der Waals surface area contributed by atoms with Crippen LogP contribution in [0.25, 0.3) is 0 Å². The van der Waals surface area contributed by atoms with Gasteiger partial charge in [0.1, 0.15) is 5.75 Å². The zero-order valence-corrected chi connectivity index (χ0v) is 14.1. The van der Waals surface area contributed by atoms with E-state index in [9.17, 15) is 0 Å². The largest absolute Gasteiger partial charge is 0.496 e. The van der Waals surface area contributed by atoms with Crippen LogP contribution in [0.2, 0.25) is 0 Å². The van der Waals surface area contributed by atoms with Gasteiger partial charge in [-0.1, -0.05) is 36.4 Å². The molecule has 0 amide bonds. The number of methoxy groups -OCH3 is 1. The molecular formula is C18H20BrNO. The molecule has 2 nitrogen and oxygen atoms in total. The molecule has 0 spiro atoms. The summed E-state index contributed by atoms with van der Waals surface area (Å²) in [6.07, 6.45) is 1.05. The predicted octanol–water partition coefficient (Wildman–Crippen LogP) is 4.08. The molecule has 1 aliphatic rings. The van der Waals surface area contributed by atoms with Crippen LogP contribution < -0.4 is 4.74 Å². The molecule has 2 aromatic carbocycles. The third-order valence-corrected chi connectivity index (χ3v) is 5.15. The molecule has 110 valence electrons. The number of hydrogen-bond acceptors (Lipinski definition) is 2. The highest BCUT2D eigenvalue weighted by molar-refractivity contribution is 9.10. The fraction of sp³-hybridized carbons (Fsp3) is 0.333. The van der Waals surface area contributed by atoms with Gasteiger partial charge in [0.2, 0.25) is 0 Å². The highest BCUT2D eigenvalue weighted by Gasteiger charge is 2.25. The van der Waals surface area contributed by atoms with Crippen molar-refractivity contribution in [1.29, 1.82) is 0 Å². The Morgan fingerprint density at radius 1 is 1.14 bits per heavy atom. The Bertz CT molecular complexity index is 627. The topological polar surface area (TPSA) is 12.5 Å². The van der Waals surface area contributed by atoms with E-state index in [0.717, 1.165) is 29.7 Å². The van der Waals surface area contributed by atoms with Crippen molar-refractivity contribution < 1.29 is 4.74 Å². The molecule has 0 saturated heterocycles. The molecule has 0 N–H and O–H groups in total. The minimum absolute atomic E-state index is 0.413.